The van der Waals surface area contributed by atoms with Gasteiger partial charge in [0.25, 0.3) is 0 Å². The Bertz CT molecular complexity index is 695. The number of aliphatic imine (C=N–C) groups is 1. The molecule has 1 atom stereocenters. The van der Waals surface area contributed by atoms with Gasteiger partial charge in [0.2, 0.25) is 0 Å². The third-order valence-electron chi connectivity index (χ3n) is 5.17. The highest BCUT2D eigenvalue weighted by atomic mass is 19.4. The maximum absolute atomic E-state index is 13.0. The summed E-state index contributed by atoms with van der Waals surface area (Å²) in [7, 11) is 4.69. The molecular formula is C20H31F3N4O3. The minimum absolute atomic E-state index is 0.290. The molecule has 0 spiro atoms. The van der Waals surface area contributed by atoms with Crippen molar-refractivity contribution in [2.45, 2.75) is 32.6 Å². The molecule has 170 valence electrons. The van der Waals surface area contributed by atoms with Gasteiger partial charge >= 0.3 is 6.18 Å². The summed E-state index contributed by atoms with van der Waals surface area (Å²) >= 11 is 0. The van der Waals surface area contributed by atoms with Gasteiger partial charge in [0.1, 0.15) is 23.3 Å². The van der Waals surface area contributed by atoms with E-state index in [9.17, 15) is 13.2 Å². The molecular weight excluding hydrogens is 401 g/mol. The molecule has 1 aliphatic heterocycles. The summed E-state index contributed by atoms with van der Waals surface area (Å²) < 4.78 is 55.2. The van der Waals surface area contributed by atoms with Crippen LogP contribution in [0, 0.1) is 0 Å². The number of hydrogen-bond acceptors (Lipinski definition) is 5. The van der Waals surface area contributed by atoms with Gasteiger partial charge in [0, 0.05) is 44.9 Å². The van der Waals surface area contributed by atoms with Crippen LogP contribution < -0.4 is 19.5 Å². The van der Waals surface area contributed by atoms with E-state index in [1.807, 2.05) is 11.8 Å². The van der Waals surface area contributed by atoms with E-state index in [0.717, 1.165) is 5.56 Å². The van der Waals surface area contributed by atoms with Gasteiger partial charge in [-0.2, -0.15) is 13.2 Å². The number of benzene rings is 1. The maximum atomic E-state index is 13.0. The van der Waals surface area contributed by atoms with Crippen molar-refractivity contribution in [3.8, 4) is 17.2 Å². The molecule has 30 heavy (non-hydrogen) atoms. The van der Waals surface area contributed by atoms with Crippen molar-refractivity contribution in [2.24, 2.45) is 4.99 Å². The van der Waals surface area contributed by atoms with Gasteiger partial charge in [-0.15, -0.1) is 0 Å². The third-order valence-corrected chi connectivity index (χ3v) is 5.17. The van der Waals surface area contributed by atoms with Crippen LogP contribution >= 0.6 is 0 Å². The number of piperazine rings is 1. The van der Waals surface area contributed by atoms with Crippen LogP contribution in [0.4, 0.5) is 13.2 Å². The van der Waals surface area contributed by atoms with E-state index in [0.29, 0.717) is 55.9 Å². The summed E-state index contributed by atoms with van der Waals surface area (Å²) in [6, 6.07) is 2.07. The molecule has 0 saturated carbocycles. The second-order valence-electron chi connectivity index (χ2n) is 6.92. The van der Waals surface area contributed by atoms with Gasteiger partial charge in [-0.1, -0.05) is 0 Å². The fourth-order valence-electron chi connectivity index (χ4n) is 3.34. The molecule has 1 aromatic carbocycles. The van der Waals surface area contributed by atoms with Gasteiger partial charge in [-0.3, -0.25) is 4.90 Å². The summed E-state index contributed by atoms with van der Waals surface area (Å²) in [4.78, 5) is 8.12. The van der Waals surface area contributed by atoms with Crippen molar-refractivity contribution in [1.29, 1.82) is 0 Å². The topological polar surface area (TPSA) is 58.6 Å². The summed E-state index contributed by atoms with van der Waals surface area (Å²) in [5.41, 5.74) is 0.764. The quantitative estimate of drug-likeness (QED) is 0.528. The lowest BCUT2D eigenvalue weighted by Crippen LogP contribution is -2.56. The Morgan fingerprint density at radius 1 is 1.07 bits per heavy atom. The van der Waals surface area contributed by atoms with Crippen LogP contribution in [0.25, 0.3) is 0 Å². The predicted molar refractivity (Wildman–Crippen MR) is 110 cm³/mol. The average molecular weight is 432 g/mol. The second kappa shape index (κ2) is 10.6. The lowest BCUT2D eigenvalue weighted by atomic mass is 10.1. The fourth-order valence-corrected chi connectivity index (χ4v) is 3.34. The smallest absolute Gasteiger partial charge is 0.403 e. The van der Waals surface area contributed by atoms with Crippen molar-refractivity contribution in [3.63, 3.8) is 0 Å². The molecule has 2 rings (SSSR count). The molecule has 0 aliphatic carbocycles. The van der Waals surface area contributed by atoms with Gasteiger partial charge in [-0.25, -0.2) is 4.99 Å². The average Bonchev–Trinajstić information content (AvgIpc) is 2.75. The number of ether oxygens (including phenoxy) is 3. The number of rotatable bonds is 7. The molecule has 0 aromatic heterocycles. The largest absolute Gasteiger partial charge is 0.496 e. The Morgan fingerprint density at radius 3 is 2.07 bits per heavy atom. The molecule has 7 nitrogen and oxygen atoms in total. The number of methoxy groups -OCH3 is 3. The second-order valence-corrected chi connectivity index (χ2v) is 6.92. The maximum Gasteiger partial charge on any atom is 0.403 e. The Balaban J connectivity index is 2.16. The molecule has 0 amide bonds. The highest BCUT2D eigenvalue weighted by Crippen LogP contribution is 2.34. The highest BCUT2D eigenvalue weighted by Gasteiger charge is 2.41. The molecule has 1 saturated heterocycles. The van der Waals surface area contributed by atoms with Gasteiger partial charge in [-0.05, 0) is 13.8 Å². The van der Waals surface area contributed by atoms with Crippen molar-refractivity contribution < 1.29 is 27.4 Å². The third kappa shape index (κ3) is 5.84. The summed E-state index contributed by atoms with van der Waals surface area (Å²) in [6.45, 7) is 5.66. The van der Waals surface area contributed by atoms with Crippen LogP contribution in [-0.2, 0) is 6.54 Å². The van der Waals surface area contributed by atoms with Gasteiger partial charge < -0.3 is 24.4 Å². The predicted octanol–water partition coefficient (Wildman–Crippen LogP) is 2.75. The molecule has 1 aliphatic rings. The molecule has 1 N–H and O–H groups in total. The standard InChI is InChI=1S/C20H31F3N4O3/c1-6-24-19(27-9-7-26(8-10-27)14(2)20(21,22)23)25-13-16-17(29-4)11-15(28-3)12-18(16)30-5/h11-12,14H,6-10,13H2,1-5H3,(H,24,25). The number of hydrogen-bond donors (Lipinski definition) is 1. The SMILES string of the molecule is CCNC(=NCc1c(OC)cc(OC)cc1OC)N1CCN(C(C)C(F)(F)F)CC1. The van der Waals surface area contributed by atoms with E-state index in [1.165, 1.54) is 11.8 Å². The molecule has 1 aromatic rings. The molecule has 1 fully saturated rings. The Labute approximate surface area is 175 Å². The number of nitrogens with one attached hydrogen (secondary N) is 1. The van der Waals surface area contributed by atoms with Crippen LogP contribution in [0.2, 0.25) is 0 Å². The van der Waals surface area contributed by atoms with Crippen LogP contribution in [0.3, 0.4) is 0 Å². The van der Waals surface area contributed by atoms with Crippen LogP contribution in [-0.4, -0.2) is 82.0 Å². The Kier molecular flexibility index (Phi) is 8.45. The zero-order chi connectivity index (χ0) is 22.3. The molecule has 1 unspecified atom stereocenters. The van der Waals surface area contributed by atoms with Crippen LogP contribution in [0.1, 0.15) is 19.4 Å². The van der Waals surface area contributed by atoms with Crippen molar-refractivity contribution in [1.82, 2.24) is 15.1 Å². The van der Waals surface area contributed by atoms with E-state index in [1.54, 1.807) is 33.5 Å². The van der Waals surface area contributed by atoms with E-state index in [-0.39, 0.29) is 6.54 Å². The first-order chi connectivity index (χ1) is 14.2. The van der Waals surface area contributed by atoms with Crippen molar-refractivity contribution >= 4 is 5.96 Å². The fraction of sp³-hybridized carbons (Fsp3) is 0.650. The molecule has 0 radical (unpaired) electrons. The zero-order valence-electron chi connectivity index (χ0n) is 18.2. The first-order valence-electron chi connectivity index (χ1n) is 9.88. The monoisotopic (exact) mass is 432 g/mol. The Morgan fingerprint density at radius 2 is 1.63 bits per heavy atom. The van der Waals surface area contributed by atoms with Gasteiger partial charge in [0.15, 0.2) is 5.96 Å². The molecule has 10 heteroatoms. The molecule has 0 bridgehead atoms. The normalized spacial score (nSPS) is 16.9. The summed E-state index contributed by atoms with van der Waals surface area (Å²) in [5, 5.41) is 3.22. The number of halogens is 3. The minimum atomic E-state index is -4.22. The van der Waals surface area contributed by atoms with E-state index < -0.39 is 12.2 Å². The molecule has 1 heterocycles. The number of nitrogens with zero attached hydrogens (tertiary/aromatic N) is 3. The number of guanidine groups is 1. The lowest BCUT2D eigenvalue weighted by molar-refractivity contribution is -0.181. The Hall–Kier alpha value is -2.36. The summed E-state index contributed by atoms with van der Waals surface area (Å²) in [6.07, 6.45) is -4.22. The van der Waals surface area contributed by atoms with Crippen molar-refractivity contribution in [2.75, 3.05) is 54.1 Å². The van der Waals surface area contributed by atoms with E-state index >= 15 is 0 Å². The lowest BCUT2D eigenvalue weighted by Gasteiger charge is -2.39. The first-order valence-corrected chi connectivity index (χ1v) is 9.88. The van der Waals surface area contributed by atoms with Gasteiger partial charge in [0.05, 0.1) is 33.4 Å². The zero-order valence-corrected chi connectivity index (χ0v) is 18.2. The van der Waals surface area contributed by atoms with E-state index in [2.05, 4.69) is 10.3 Å². The van der Waals surface area contributed by atoms with E-state index in [4.69, 9.17) is 14.2 Å². The van der Waals surface area contributed by atoms with Crippen molar-refractivity contribution in [3.05, 3.63) is 17.7 Å². The van der Waals surface area contributed by atoms with Crippen LogP contribution in [0.5, 0.6) is 17.2 Å². The summed E-state index contributed by atoms with van der Waals surface area (Å²) in [5.74, 6) is 2.44. The number of alkyl halides is 3. The minimum Gasteiger partial charge on any atom is -0.496 e. The first kappa shape index (κ1) is 23.9. The highest BCUT2D eigenvalue weighted by molar-refractivity contribution is 5.80. The van der Waals surface area contributed by atoms with Crippen LogP contribution in [0.15, 0.2) is 17.1 Å².